The molecule has 6 nitrogen and oxygen atoms in total. The quantitative estimate of drug-likeness (QED) is 0.675. The molecule has 1 aromatic rings. The van der Waals surface area contributed by atoms with Crippen LogP contribution in [0.2, 0.25) is 0 Å². The third-order valence-corrected chi connectivity index (χ3v) is 4.03. The van der Waals surface area contributed by atoms with Crippen LogP contribution in [-0.2, 0) is 0 Å². The summed E-state index contributed by atoms with van der Waals surface area (Å²) in [7, 11) is 0. The Bertz CT molecular complexity index is 492. The average Bonchev–Trinajstić information content (AvgIpc) is 2.45. The number of nitrogens with zero attached hydrogens (tertiary/aromatic N) is 3. The number of hydrogen-bond acceptors (Lipinski definition) is 5. The second-order valence-electron chi connectivity index (χ2n) is 5.29. The molecule has 6 heteroatoms. The first-order chi connectivity index (χ1) is 9.58. The predicted molar refractivity (Wildman–Crippen MR) is 79.1 cm³/mol. The summed E-state index contributed by atoms with van der Waals surface area (Å²) in [5.74, 6) is 0.516. The van der Waals surface area contributed by atoms with Gasteiger partial charge in [-0.3, -0.25) is 10.1 Å². The fraction of sp³-hybridized carbons (Fsp3) is 0.643. The Labute approximate surface area is 119 Å². The van der Waals surface area contributed by atoms with Crippen molar-refractivity contribution >= 4 is 11.5 Å². The summed E-state index contributed by atoms with van der Waals surface area (Å²) >= 11 is 0. The third-order valence-electron chi connectivity index (χ3n) is 4.03. The first kappa shape index (κ1) is 14.7. The van der Waals surface area contributed by atoms with Crippen LogP contribution in [0.4, 0.5) is 11.5 Å². The molecule has 1 aromatic heterocycles. The number of nitro groups is 1. The van der Waals surface area contributed by atoms with Crippen LogP contribution >= 0.6 is 0 Å². The average molecular weight is 278 g/mol. The summed E-state index contributed by atoms with van der Waals surface area (Å²) in [6, 6.07) is 2.31. The van der Waals surface area contributed by atoms with Gasteiger partial charge in [0.1, 0.15) is 0 Å². The molecule has 0 saturated carbocycles. The Balaban J connectivity index is 2.41. The molecule has 2 atom stereocenters. The summed E-state index contributed by atoms with van der Waals surface area (Å²) in [6.45, 7) is 7.62. The van der Waals surface area contributed by atoms with E-state index < -0.39 is 0 Å². The molecular weight excluding hydrogens is 256 g/mol. The molecule has 1 aliphatic rings. The van der Waals surface area contributed by atoms with Gasteiger partial charge in [0.15, 0.2) is 0 Å². The van der Waals surface area contributed by atoms with Gasteiger partial charge in [-0.2, -0.15) is 0 Å². The molecule has 0 aliphatic carbocycles. The van der Waals surface area contributed by atoms with Gasteiger partial charge in [0.2, 0.25) is 5.82 Å². The molecule has 0 aromatic carbocycles. The first-order valence-corrected chi connectivity index (χ1v) is 7.18. The van der Waals surface area contributed by atoms with Crippen molar-refractivity contribution in [3.05, 3.63) is 27.9 Å². The number of nitrogens with one attached hydrogen (secondary N) is 1. The van der Waals surface area contributed by atoms with Crippen LogP contribution in [0.1, 0.15) is 32.3 Å². The highest BCUT2D eigenvalue weighted by Gasteiger charge is 2.32. The Hall–Kier alpha value is -1.69. The van der Waals surface area contributed by atoms with Gasteiger partial charge in [0.05, 0.1) is 4.92 Å². The first-order valence-electron chi connectivity index (χ1n) is 7.18. The fourth-order valence-electron chi connectivity index (χ4n) is 2.73. The molecule has 0 spiro atoms. The highest BCUT2D eigenvalue weighted by atomic mass is 16.6. The smallest absolute Gasteiger partial charge is 0.314 e. The van der Waals surface area contributed by atoms with Gasteiger partial charge in [-0.15, -0.1) is 0 Å². The monoisotopic (exact) mass is 278 g/mol. The zero-order valence-electron chi connectivity index (χ0n) is 12.3. The van der Waals surface area contributed by atoms with Crippen molar-refractivity contribution in [1.82, 2.24) is 10.3 Å². The summed E-state index contributed by atoms with van der Waals surface area (Å²) in [5.41, 5.74) is 0.809. The van der Waals surface area contributed by atoms with E-state index in [2.05, 4.69) is 29.0 Å². The minimum Gasteiger partial charge on any atom is -0.345 e. The number of aromatic nitrogens is 1. The number of piperazine rings is 1. The van der Waals surface area contributed by atoms with Crippen molar-refractivity contribution < 1.29 is 4.92 Å². The van der Waals surface area contributed by atoms with E-state index in [9.17, 15) is 10.1 Å². The zero-order chi connectivity index (χ0) is 14.7. The lowest BCUT2D eigenvalue weighted by molar-refractivity contribution is -0.384. The number of anilines is 1. The lowest BCUT2D eigenvalue weighted by atomic mass is 10.0. The van der Waals surface area contributed by atoms with E-state index in [0.29, 0.717) is 17.4 Å². The maximum atomic E-state index is 11.4. The van der Waals surface area contributed by atoms with Crippen LogP contribution < -0.4 is 10.2 Å². The lowest BCUT2D eigenvalue weighted by Gasteiger charge is -2.40. The van der Waals surface area contributed by atoms with Crippen molar-refractivity contribution in [1.29, 1.82) is 0 Å². The number of pyridine rings is 1. The largest absolute Gasteiger partial charge is 0.345 e. The van der Waals surface area contributed by atoms with Crippen LogP contribution in [-0.4, -0.2) is 35.1 Å². The molecule has 0 bridgehead atoms. The molecule has 2 unspecified atom stereocenters. The van der Waals surface area contributed by atoms with Crippen molar-refractivity contribution in [3.8, 4) is 0 Å². The summed E-state index contributed by atoms with van der Waals surface area (Å²) in [6.07, 6.45) is 3.61. The van der Waals surface area contributed by atoms with Crippen LogP contribution in [0.25, 0.3) is 0 Å². The highest BCUT2D eigenvalue weighted by molar-refractivity contribution is 5.62. The second-order valence-corrected chi connectivity index (χ2v) is 5.29. The van der Waals surface area contributed by atoms with Gasteiger partial charge in [0, 0.05) is 36.9 Å². The molecule has 1 fully saturated rings. The lowest BCUT2D eigenvalue weighted by Crippen LogP contribution is -2.56. The maximum Gasteiger partial charge on any atom is 0.314 e. The number of hydrogen-bond donors (Lipinski definition) is 1. The minimum absolute atomic E-state index is 0.141. The van der Waals surface area contributed by atoms with Crippen molar-refractivity contribution in [2.24, 2.45) is 0 Å². The molecule has 20 heavy (non-hydrogen) atoms. The molecule has 110 valence electrons. The molecule has 1 saturated heterocycles. The predicted octanol–water partition coefficient (Wildman–Crippen LogP) is 2.27. The Morgan fingerprint density at radius 1 is 1.50 bits per heavy atom. The summed E-state index contributed by atoms with van der Waals surface area (Å²) in [4.78, 5) is 17.5. The van der Waals surface area contributed by atoms with Crippen LogP contribution in [0.15, 0.2) is 12.3 Å². The molecule has 0 radical (unpaired) electrons. The topological polar surface area (TPSA) is 71.3 Å². The Morgan fingerprint density at radius 2 is 2.25 bits per heavy atom. The van der Waals surface area contributed by atoms with Crippen molar-refractivity contribution in [2.45, 2.75) is 45.7 Å². The number of rotatable bonds is 4. The molecule has 1 aliphatic heterocycles. The second kappa shape index (κ2) is 6.17. The molecule has 2 rings (SSSR count). The van der Waals surface area contributed by atoms with Gasteiger partial charge >= 0.3 is 5.69 Å². The van der Waals surface area contributed by atoms with Gasteiger partial charge in [-0.05, 0) is 25.8 Å². The summed E-state index contributed by atoms with van der Waals surface area (Å²) < 4.78 is 0. The zero-order valence-corrected chi connectivity index (χ0v) is 12.3. The molecule has 1 N–H and O–H groups in total. The van der Waals surface area contributed by atoms with Crippen molar-refractivity contribution in [3.63, 3.8) is 0 Å². The molecule has 2 heterocycles. The third kappa shape index (κ3) is 2.75. The van der Waals surface area contributed by atoms with E-state index in [1.165, 1.54) is 0 Å². The van der Waals surface area contributed by atoms with Gasteiger partial charge in [0.25, 0.3) is 0 Å². The van der Waals surface area contributed by atoms with Crippen LogP contribution in [0.5, 0.6) is 0 Å². The minimum atomic E-state index is -0.312. The van der Waals surface area contributed by atoms with Gasteiger partial charge in [-0.25, -0.2) is 4.98 Å². The fourth-order valence-corrected chi connectivity index (χ4v) is 2.73. The van der Waals surface area contributed by atoms with Crippen LogP contribution in [0, 0.1) is 17.0 Å². The summed E-state index contributed by atoms with van der Waals surface area (Å²) in [5, 5.41) is 14.8. The van der Waals surface area contributed by atoms with E-state index in [-0.39, 0.29) is 16.7 Å². The van der Waals surface area contributed by atoms with E-state index >= 15 is 0 Å². The van der Waals surface area contributed by atoms with Crippen LogP contribution in [0.3, 0.4) is 0 Å². The van der Waals surface area contributed by atoms with Crippen molar-refractivity contribution in [2.75, 3.05) is 18.0 Å². The Kier molecular flexibility index (Phi) is 4.54. The molecule has 0 amide bonds. The molecular formula is C14H22N4O2. The van der Waals surface area contributed by atoms with Gasteiger partial charge in [-0.1, -0.05) is 13.8 Å². The standard InChI is InChI=1S/C14H22N4O2/c1-4-11-9-17(12(5-2)8-16-11)14-13(18(19)20)10(3)6-7-15-14/h6-7,11-12,16H,4-5,8-9H2,1-3H3. The SMILES string of the molecule is CCC1CN(c2nccc(C)c2[N+](=O)[O-])C(CC)CN1. The highest BCUT2D eigenvalue weighted by Crippen LogP contribution is 2.31. The maximum absolute atomic E-state index is 11.4. The van der Waals surface area contributed by atoms with E-state index in [1.807, 2.05) is 0 Å². The van der Waals surface area contributed by atoms with E-state index in [0.717, 1.165) is 25.9 Å². The normalized spacial score (nSPS) is 22.9. The van der Waals surface area contributed by atoms with E-state index in [4.69, 9.17) is 0 Å². The Morgan fingerprint density at radius 3 is 2.85 bits per heavy atom. The number of aryl methyl sites for hydroxylation is 1. The van der Waals surface area contributed by atoms with Gasteiger partial charge < -0.3 is 10.2 Å². The van der Waals surface area contributed by atoms with E-state index in [1.54, 1.807) is 19.2 Å².